The Morgan fingerprint density at radius 1 is 0.936 bits per heavy atom. The number of piperidine rings is 1. The molecule has 10 heteroatoms. The largest absolute Gasteiger partial charge is 0.453 e. The summed E-state index contributed by atoms with van der Waals surface area (Å²) in [6, 6.07) is 24.1. The van der Waals surface area contributed by atoms with Crippen LogP contribution in [0.25, 0.3) is 11.1 Å². The lowest BCUT2D eigenvalue weighted by atomic mass is 9.97. The standard InChI is InChI=1S/C37H44N2O8/c1-25(45-26(2)41)35(42)38-22-28-5-3-6-30(19-28)31-7-4-8-32(20-31)36-46-33(21-34(47-36)29-11-9-27(24-40)10-12-29)23-39-15-13-37(14-16-39)43-17-18-44-37/h3-12,19-20,25,33-34,36,40H,13-18,21-24H2,1-2H3,(H,38,42). The van der Waals surface area contributed by atoms with Crippen LogP contribution in [0.4, 0.5) is 0 Å². The van der Waals surface area contributed by atoms with Crippen molar-refractivity contribution < 1.29 is 38.4 Å². The molecular formula is C37H44N2O8. The molecule has 4 atom stereocenters. The molecule has 0 aliphatic carbocycles. The molecule has 3 heterocycles. The molecule has 0 bridgehead atoms. The number of nitrogens with one attached hydrogen (secondary N) is 1. The van der Waals surface area contributed by atoms with Crippen LogP contribution in [0, 0.1) is 0 Å². The van der Waals surface area contributed by atoms with Gasteiger partial charge in [-0.05, 0) is 46.9 Å². The highest BCUT2D eigenvalue weighted by atomic mass is 16.7. The van der Waals surface area contributed by atoms with Crippen LogP contribution in [0.5, 0.6) is 0 Å². The van der Waals surface area contributed by atoms with Gasteiger partial charge in [0, 0.05) is 57.9 Å². The minimum Gasteiger partial charge on any atom is -0.453 e. The molecule has 0 radical (unpaired) electrons. The van der Waals surface area contributed by atoms with Crippen molar-refractivity contribution in [2.24, 2.45) is 0 Å². The van der Waals surface area contributed by atoms with Gasteiger partial charge in [-0.1, -0.05) is 60.7 Å². The fourth-order valence-electron chi connectivity index (χ4n) is 6.54. The summed E-state index contributed by atoms with van der Waals surface area (Å²) in [7, 11) is 0. The number of nitrogens with zero attached hydrogens (tertiary/aromatic N) is 1. The van der Waals surface area contributed by atoms with E-state index >= 15 is 0 Å². The third kappa shape index (κ3) is 8.45. The van der Waals surface area contributed by atoms with E-state index in [4.69, 9.17) is 23.7 Å². The number of rotatable bonds is 10. The number of hydrogen-bond donors (Lipinski definition) is 2. The Labute approximate surface area is 275 Å². The van der Waals surface area contributed by atoms with E-state index < -0.39 is 24.2 Å². The Morgan fingerprint density at radius 2 is 1.64 bits per heavy atom. The van der Waals surface area contributed by atoms with Crippen LogP contribution in [-0.2, 0) is 46.4 Å². The molecule has 1 amide bonds. The van der Waals surface area contributed by atoms with Crippen molar-refractivity contribution in [2.45, 2.75) is 76.7 Å². The molecule has 3 aromatic carbocycles. The average Bonchev–Trinajstić information content (AvgIpc) is 3.56. The fourth-order valence-corrected chi connectivity index (χ4v) is 6.54. The Hall–Kier alpha value is -3.64. The van der Waals surface area contributed by atoms with Crippen LogP contribution >= 0.6 is 0 Å². The number of amides is 1. The highest BCUT2D eigenvalue weighted by Crippen LogP contribution is 2.40. The van der Waals surface area contributed by atoms with Crippen LogP contribution in [0.3, 0.4) is 0 Å². The van der Waals surface area contributed by atoms with E-state index in [1.54, 1.807) is 6.92 Å². The molecule has 6 rings (SSSR count). The summed E-state index contributed by atoms with van der Waals surface area (Å²) in [5.74, 6) is -1.26. The summed E-state index contributed by atoms with van der Waals surface area (Å²) in [6.07, 6.45) is 0.759. The van der Waals surface area contributed by atoms with Crippen LogP contribution in [-0.4, -0.2) is 72.7 Å². The second-order valence-corrected chi connectivity index (χ2v) is 12.6. The molecule has 47 heavy (non-hydrogen) atoms. The second kappa shape index (κ2) is 15.1. The third-order valence-electron chi connectivity index (χ3n) is 9.11. The monoisotopic (exact) mass is 644 g/mol. The van der Waals surface area contributed by atoms with Crippen molar-refractivity contribution in [3.8, 4) is 11.1 Å². The van der Waals surface area contributed by atoms with Gasteiger partial charge in [0.2, 0.25) is 0 Å². The first-order chi connectivity index (χ1) is 22.8. The number of carbonyl (C=O) groups excluding carboxylic acids is 2. The highest BCUT2D eigenvalue weighted by Gasteiger charge is 2.41. The lowest BCUT2D eigenvalue weighted by Gasteiger charge is -2.41. The van der Waals surface area contributed by atoms with Crippen LogP contribution in [0.2, 0.25) is 0 Å². The van der Waals surface area contributed by atoms with Gasteiger partial charge in [-0.3, -0.25) is 9.59 Å². The van der Waals surface area contributed by atoms with Gasteiger partial charge >= 0.3 is 5.97 Å². The van der Waals surface area contributed by atoms with Crippen LogP contribution in [0.15, 0.2) is 72.8 Å². The third-order valence-corrected chi connectivity index (χ3v) is 9.11. The molecule has 3 saturated heterocycles. The Kier molecular flexibility index (Phi) is 10.7. The van der Waals surface area contributed by atoms with Gasteiger partial charge in [0.15, 0.2) is 18.2 Å². The Balaban J connectivity index is 1.17. The van der Waals surface area contributed by atoms with Crippen LogP contribution < -0.4 is 5.32 Å². The first-order valence-corrected chi connectivity index (χ1v) is 16.4. The molecule has 4 unspecified atom stereocenters. The van der Waals surface area contributed by atoms with Gasteiger partial charge in [-0.25, -0.2) is 0 Å². The van der Waals surface area contributed by atoms with Crippen molar-refractivity contribution in [3.63, 3.8) is 0 Å². The first kappa shape index (κ1) is 33.3. The zero-order valence-corrected chi connectivity index (χ0v) is 27.1. The lowest BCUT2D eigenvalue weighted by Crippen LogP contribution is -2.48. The SMILES string of the molecule is CC(=O)OC(C)C(=O)NCc1cccc(-c2cccc(C3OC(CN4CCC5(CC4)OCCO5)CC(c4ccc(CO)cc4)O3)c2)c1. The van der Waals surface area contributed by atoms with Gasteiger partial charge in [0.1, 0.15) is 0 Å². The minimum atomic E-state index is -0.856. The molecule has 3 aliphatic heterocycles. The molecule has 2 N–H and O–H groups in total. The molecule has 250 valence electrons. The molecule has 3 fully saturated rings. The summed E-state index contributed by atoms with van der Waals surface area (Å²) < 4.78 is 30.2. The first-order valence-electron chi connectivity index (χ1n) is 16.4. The normalized spacial score (nSPS) is 23.3. The molecule has 10 nitrogen and oxygen atoms in total. The van der Waals surface area contributed by atoms with Gasteiger partial charge in [0.05, 0.1) is 32.0 Å². The van der Waals surface area contributed by atoms with Gasteiger partial charge in [-0.15, -0.1) is 0 Å². The maximum atomic E-state index is 12.4. The number of hydrogen-bond acceptors (Lipinski definition) is 9. The minimum absolute atomic E-state index is 0.00217. The van der Waals surface area contributed by atoms with Gasteiger partial charge in [0.25, 0.3) is 5.91 Å². The van der Waals surface area contributed by atoms with Crippen molar-refractivity contribution in [2.75, 3.05) is 32.8 Å². The Morgan fingerprint density at radius 3 is 2.34 bits per heavy atom. The molecule has 0 aromatic heterocycles. The maximum Gasteiger partial charge on any atom is 0.303 e. The van der Waals surface area contributed by atoms with E-state index in [0.29, 0.717) is 26.2 Å². The predicted octanol–water partition coefficient (Wildman–Crippen LogP) is 4.80. The fraction of sp³-hybridized carbons (Fsp3) is 0.459. The number of esters is 1. The van der Waals surface area contributed by atoms with E-state index in [1.807, 2.05) is 66.7 Å². The predicted molar refractivity (Wildman–Crippen MR) is 174 cm³/mol. The lowest BCUT2D eigenvalue weighted by molar-refractivity contribution is -0.255. The summed E-state index contributed by atoms with van der Waals surface area (Å²) >= 11 is 0. The second-order valence-electron chi connectivity index (χ2n) is 12.6. The summed E-state index contributed by atoms with van der Waals surface area (Å²) in [5.41, 5.74) is 5.75. The number of likely N-dealkylation sites (tertiary alicyclic amines) is 1. The smallest absolute Gasteiger partial charge is 0.303 e. The Bertz CT molecular complexity index is 1510. The molecule has 0 saturated carbocycles. The van der Waals surface area contributed by atoms with Crippen molar-refractivity contribution >= 4 is 11.9 Å². The summed E-state index contributed by atoms with van der Waals surface area (Å²) in [5, 5.41) is 12.4. The summed E-state index contributed by atoms with van der Waals surface area (Å²) in [4.78, 5) is 26.0. The van der Waals surface area contributed by atoms with Crippen molar-refractivity contribution in [1.82, 2.24) is 10.2 Å². The molecule has 1 spiro atoms. The van der Waals surface area contributed by atoms with Crippen molar-refractivity contribution in [1.29, 1.82) is 0 Å². The number of benzene rings is 3. The maximum absolute atomic E-state index is 12.4. The van der Waals surface area contributed by atoms with Gasteiger partial charge < -0.3 is 39.0 Å². The molecule has 3 aromatic rings. The van der Waals surface area contributed by atoms with Crippen LogP contribution in [0.1, 0.15) is 67.8 Å². The number of ether oxygens (including phenoxy) is 5. The number of aliphatic hydroxyl groups is 1. The van der Waals surface area contributed by atoms with E-state index in [9.17, 15) is 14.7 Å². The molecular weight excluding hydrogens is 600 g/mol. The average molecular weight is 645 g/mol. The highest BCUT2D eigenvalue weighted by molar-refractivity contribution is 5.82. The number of carbonyl (C=O) groups is 2. The van der Waals surface area contributed by atoms with E-state index in [1.165, 1.54) is 6.92 Å². The zero-order chi connectivity index (χ0) is 32.8. The molecule has 3 aliphatic rings. The summed E-state index contributed by atoms with van der Waals surface area (Å²) in [6.45, 7) is 7.02. The van der Waals surface area contributed by atoms with Crippen molar-refractivity contribution in [3.05, 3.63) is 95.1 Å². The zero-order valence-electron chi connectivity index (χ0n) is 27.1. The van der Waals surface area contributed by atoms with Gasteiger partial charge in [-0.2, -0.15) is 0 Å². The quantitative estimate of drug-likeness (QED) is 0.301. The van der Waals surface area contributed by atoms with E-state index in [0.717, 1.165) is 65.9 Å². The topological polar surface area (TPSA) is 116 Å². The number of aliphatic hydroxyl groups excluding tert-OH is 1. The van der Waals surface area contributed by atoms with E-state index in [2.05, 4.69) is 16.3 Å². The van der Waals surface area contributed by atoms with E-state index in [-0.39, 0.29) is 24.7 Å².